The molecule has 1 aromatic rings. The standard InChI is InChI=1S/C14H18N2O4/c1-9-4-5-12(16(18)19)6-13(9)14(17)15-7-10(2)20-11(3)8-15/h4-6,10-11H,7-8H2,1-3H3. The van der Waals surface area contributed by atoms with Gasteiger partial charge in [-0.3, -0.25) is 14.9 Å². The van der Waals surface area contributed by atoms with Gasteiger partial charge in [-0.25, -0.2) is 0 Å². The number of morpholine rings is 1. The molecule has 0 aromatic heterocycles. The fourth-order valence-corrected chi connectivity index (χ4v) is 2.47. The van der Waals surface area contributed by atoms with Gasteiger partial charge in [0.25, 0.3) is 11.6 Å². The molecule has 1 aliphatic rings. The zero-order valence-corrected chi connectivity index (χ0v) is 11.8. The Balaban J connectivity index is 2.28. The van der Waals surface area contributed by atoms with Crippen molar-refractivity contribution in [1.82, 2.24) is 4.90 Å². The third-order valence-electron chi connectivity index (χ3n) is 3.37. The Kier molecular flexibility index (Phi) is 4.04. The molecule has 0 radical (unpaired) electrons. The number of non-ortho nitro benzene ring substituents is 1. The minimum atomic E-state index is -0.485. The maximum atomic E-state index is 12.5. The van der Waals surface area contributed by atoms with E-state index < -0.39 is 4.92 Å². The van der Waals surface area contributed by atoms with Gasteiger partial charge < -0.3 is 9.64 Å². The number of hydrogen-bond donors (Lipinski definition) is 0. The first-order chi connectivity index (χ1) is 9.38. The van der Waals surface area contributed by atoms with Crippen molar-refractivity contribution in [2.24, 2.45) is 0 Å². The quantitative estimate of drug-likeness (QED) is 0.613. The van der Waals surface area contributed by atoms with E-state index >= 15 is 0 Å². The van der Waals surface area contributed by atoms with E-state index in [2.05, 4.69) is 0 Å². The molecule has 2 atom stereocenters. The highest BCUT2D eigenvalue weighted by atomic mass is 16.6. The van der Waals surface area contributed by atoms with Crippen LogP contribution in [0.4, 0.5) is 5.69 Å². The second kappa shape index (κ2) is 5.58. The highest BCUT2D eigenvalue weighted by molar-refractivity contribution is 5.96. The largest absolute Gasteiger partial charge is 0.372 e. The summed E-state index contributed by atoms with van der Waals surface area (Å²) >= 11 is 0. The van der Waals surface area contributed by atoms with Crippen molar-refractivity contribution in [3.8, 4) is 0 Å². The maximum Gasteiger partial charge on any atom is 0.270 e. The molecule has 0 N–H and O–H groups in total. The number of nitro groups is 1. The van der Waals surface area contributed by atoms with Crippen LogP contribution >= 0.6 is 0 Å². The Bertz CT molecular complexity index is 534. The summed E-state index contributed by atoms with van der Waals surface area (Å²) in [5.41, 5.74) is 1.07. The van der Waals surface area contributed by atoms with Gasteiger partial charge in [-0.05, 0) is 26.3 Å². The summed E-state index contributed by atoms with van der Waals surface area (Å²) in [4.78, 5) is 24.6. The van der Waals surface area contributed by atoms with Crippen LogP contribution in [0.3, 0.4) is 0 Å². The summed E-state index contributed by atoms with van der Waals surface area (Å²) in [5.74, 6) is -0.173. The van der Waals surface area contributed by atoms with Gasteiger partial charge in [0.2, 0.25) is 0 Å². The lowest BCUT2D eigenvalue weighted by molar-refractivity contribution is -0.384. The number of benzene rings is 1. The third-order valence-corrected chi connectivity index (χ3v) is 3.37. The van der Waals surface area contributed by atoms with Gasteiger partial charge in [0.15, 0.2) is 0 Å². The van der Waals surface area contributed by atoms with Crippen LogP contribution in [0.5, 0.6) is 0 Å². The topological polar surface area (TPSA) is 72.7 Å². The normalized spacial score (nSPS) is 22.6. The lowest BCUT2D eigenvalue weighted by Gasteiger charge is -2.35. The van der Waals surface area contributed by atoms with Gasteiger partial charge >= 0.3 is 0 Å². The molecule has 1 amide bonds. The number of hydrogen-bond acceptors (Lipinski definition) is 4. The minimum absolute atomic E-state index is 0.0262. The number of nitrogens with zero attached hydrogens (tertiary/aromatic N) is 2. The van der Waals surface area contributed by atoms with Crippen molar-refractivity contribution in [2.75, 3.05) is 13.1 Å². The molecule has 0 spiro atoms. The average molecular weight is 278 g/mol. The molecule has 20 heavy (non-hydrogen) atoms. The summed E-state index contributed by atoms with van der Waals surface area (Å²) in [7, 11) is 0. The molecular formula is C14H18N2O4. The van der Waals surface area contributed by atoms with E-state index in [4.69, 9.17) is 4.74 Å². The number of aryl methyl sites for hydroxylation is 1. The van der Waals surface area contributed by atoms with Gasteiger partial charge in [0.05, 0.1) is 17.1 Å². The van der Waals surface area contributed by atoms with E-state index in [1.54, 1.807) is 17.9 Å². The number of nitro benzene ring substituents is 1. The molecule has 1 heterocycles. The predicted molar refractivity (Wildman–Crippen MR) is 73.7 cm³/mol. The van der Waals surface area contributed by atoms with E-state index in [1.165, 1.54) is 12.1 Å². The lowest BCUT2D eigenvalue weighted by Crippen LogP contribution is -2.48. The molecular weight excluding hydrogens is 260 g/mol. The van der Waals surface area contributed by atoms with E-state index in [0.717, 1.165) is 5.56 Å². The van der Waals surface area contributed by atoms with Crippen molar-refractivity contribution in [3.05, 3.63) is 39.4 Å². The minimum Gasteiger partial charge on any atom is -0.372 e. The second-order valence-corrected chi connectivity index (χ2v) is 5.22. The molecule has 2 unspecified atom stereocenters. The Labute approximate surface area is 117 Å². The second-order valence-electron chi connectivity index (χ2n) is 5.22. The zero-order valence-electron chi connectivity index (χ0n) is 11.8. The molecule has 0 bridgehead atoms. The van der Waals surface area contributed by atoms with Gasteiger partial charge in [0, 0.05) is 30.8 Å². The van der Waals surface area contributed by atoms with Crippen LogP contribution in [0.1, 0.15) is 29.8 Å². The van der Waals surface area contributed by atoms with Crippen LogP contribution in [-0.4, -0.2) is 41.0 Å². The Morgan fingerprint density at radius 2 is 1.95 bits per heavy atom. The molecule has 0 aliphatic carbocycles. The number of ether oxygens (including phenoxy) is 1. The third kappa shape index (κ3) is 2.96. The molecule has 0 saturated carbocycles. The molecule has 1 aromatic carbocycles. The fraction of sp³-hybridized carbons (Fsp3) is 0.500. The molecule has 1 saturated heterocycles. The van der Waals surface area contributed by atoms with Crippen LogP contribution in [0.15, 0.2) is 18.2 Å². The van der Waals surface area contributed by atoms with E-state index in [1.807, 2.05) is 13.8 Å². The average Bonchev–Trinajstić information content (AvgIpc) is 2.37. The highest BCUT2D eigenvalue weighted by Crippen LogP contribution is 2.21. The first-order valence-electron chi connectivity index (χ1n) is 6.58. The molecule has 108 valence electrons. The smallest absolute Gasteiger partial charge is 0.270 e. The van der Waals surface area contributed by atoms with Crippen molar-refractivity contribution < 1.29 is 14.5 Å². The van der Waals surface area contributed by atoms with Crippen molar-refractivity contribution >= 4 is 11.6 Å². The van der Waals surface area contributed by atoms with E-state index in [0.29, 0.717) is 18.7 Å². The Morgan fingerprint density at radius 1 is 1.35 bits per heavy atom. The van der Waals surface area contributed by atoms with Crippen LogP contribution in [0.25, 0.3) is 0 Å². The van der Waals surface area contributed by atoms with Gasteiger partial charge in [-0.2, -0.15) is 0 Å². The highest BCUT2D eigenvalue weighted by Gasteiger charge is 2.28. The molecule has 2 rings (SSSR count). The van der Waals surface area contributed by atoms with Crippen LogP contribution in [-0.2, 0) is 4.74 Å². The summed E-state index contributed by atoms with van der Waals surface area (Å²) in [6.45, 7) is 6.62. The monoisotopic (exact) mass is 278 g/mol. The number of amides is 1. The predicted octanol–water partition coefficient (Wildman–Crippen LogP) is 2.15. The van der Waals surface area contributed by atoms with Gasteiger partial charge in [-0.1, -0.05) is 6.07 Å². The zero-order chi connectivity index (χ0) is 14.9. The van der Waals surface area contributed by atoms with Crippen LogP contribution in [0.2, 0.25) is 0 Å². The lowest BCUT2D eigenvalue weighted by atomic mass is 10.1. The number of carbonyl (C=O) groups is 1. The van der Waals surface area contributed by atoms with Crippen molar-refractivity contribution in [1.29, 1.82) is 0 Å². The van der Waals surface area contributed by atoms with Crippen molar-refractivity contribution in [3.63, 3.8) is 0 Å². The van der Waals surface area contributed by atoms with E-state index in [-0.39, 0.29) is 23.8 Å². The van der Waals surface area contributed by atoms with Gasteiger partial charge in [0.1, 0.15) is 0 Å². The summed E-state index contributed by atoms with van der Waals surface area (Å²) in [6.07, 6.45) is -0.0524. The Morgan fingerprint density at radius 3 is 2.50 bits per heavy atom. The fourth-order valence-electron chi connectivity index (χ4n) is 2.47. The van der Waals surface area contributed by atoms with Gasteiger partial charge in [-0.15, -0.1) is 0 Å². The molecule has 1 aliphatic heterocycles. The number of carbonyl (C=O) groups excluding carboxylic acids is 1. The Hall–Kier alpha value is -1.95. The van der Waals surface area contributed by atoms with Crippen LogP contribution < -0.4 is 0 Å². The summed E-state index contributed by atoms with van der Waals surface area (Å²) < 4.78 is 5.59. The summed E-state index contributed by atoms with van der Waals surface area (Å²) in [6, 6.07) is 4.37. The first-order valence-corrected chi connectivity index (χ1v) is 6.58. The molecule has 6 nitrogen and oxygen atoms in total. The summed E-state index contributed by atoms with van der Waals surface area (Å²) in [5, 5.41) is 10.8. The SMILES string of the molecule is Cc1ccc([N+](=O)[O-])cc1C(=O)N1CC(C)OC(C)C1. The first kappa shape index (κ1) is 14.5. The van der Waals surface area contributed by atoms with Crippen LogP contribution in [0, 0.1) is 17.0 Å². The molecule has 1 fully saturated rings. The number of rotatable bonds is 2. The van der Waals surface area contributed by atoms with E-state index in [9.17, 15) is 14.9 Å². The van der Waals surface area contributed by atoms with Crippen molar-refractivity contribution in [2.45, 2.75) is 33.0 Å². The maximum absolute atomic E-state index is 12.5. The molecule has 6 heteroatoms.